The van der Waals surface area contributed by atoms with Crippen molar-refractivity contribution in [2.45, 2.75) is 44.8 Å². The van der Waals surface area contributed by atoms with Crippen molar-refractivity contribution in [1.29, 1.82) is 0 Å². The minimum absolute atomic E-state index is 0.127. The number of ether oxygens (including phenoxy) is 1. The molecule has 0 aliphatic carbocycles. The Kier molecular flexibility index (Phi) is 2.62. The Morgan fingerprint density at radius 2 is 2.43 bits per heavy atom. The lowest BCUT2D eigenvalue weighted by atomic mass is 9.96. The van der Waals surface area contributed by atoms with Crippen LogP contribution in [0.1, 0.15) is 33.1 Å². The van der Waals surface area contributed by atoms with E-state index in [4.69, 9.17) is 4.74 Å². The highest BCUT2D eigenvalue weighted by molar-refractivity contribution is 5.76. The number of carbonyl (C=O) groups is 1. The molecular weight excluding hydrogens is 178 g/mol. The van der Waals surface area contributed by atoms with Gasteiger partial charge in [0, 0.05) is 12.1 Å². The zero-order chi connectivity index (χ0) is 10.2. The van der Waals surface area contributed by atoms with E-state index in [-0.39, 0.29) is 18.5 Å². The monoisotopic (exact) mass is 197 g/mol. The molecule has 2 aliphatic heterocycles. The largest absolute Gasteiger partial charge is 0.369 e. The summed E-state index contributed by atoms with van der Waals surface area (Å²) in [6.07, 6.45) is 3.98. The van der Waals surface area contributed by atoms with Crippen LogP contribution >= 0.6 is 0 Å². The summed E-state index contributed by atoms with van der Waals surface area (Å²) in [4.78, 5) is 13.3. The van der Waals surface area contributed by atoms with E-state index in [1.165, 1.54) is 19.4 Å². The third-order valence-electron chi connectivity index (χ3n) is 3.52. The highest BCUT2D eigenvalue weighted by Gasteiger charge is 2.45. The number of Topliss-reactive ketones (excluding diaryl/α,β-unsaturated/α-hetero) is 1. The van der Waals surface area contributed by atoms with Crippen LogP contribution in [-0.4, -0.2) is 42.0 Å². The van der Waals surface area contributed by atoms with Crippen LogP contribution in [0.25, 0.3) is 0 Å². The molecule has 0 spiro atoms. The highest BCUT2D eigenvalue weighted by Crippen LogP contribution is 2.39. The van der Waals surface area contributed by atoms with E-state index in [0.717, 1.165) is 13.0 Å². The molecule has 0 saturated carbocycles. The van der Waals surface area contributed by atoms with Crippen LogP contribution in [0, 0.1) is 0 Å². The Labute approximate surface area is 85.4 Å². The molecule has 0 aromatic heterocycles. The van der Waals surface area contributed by atoms with Gasteiger partial charge in [-0.25, -0.2) is 0 Å². The molecule has 2 saturated heterocycles. The van der Waals surface area contributed by atoms with E-state index in [1.54, 1.807) is 6.92 Å². The van der Waals surface area contributed by atoms with Crippen LogP contribution in [0.15, 0.2) is 0 Å². The van der Waals surface area contributed by atoms with Gasteiger partial charge in [-0.15, -0.1) is 0 Å². The zero-order valence-corrected chi connectivity index (χ0v) is 9.08. The molecular formula is C11H19NO2. The second-order valence-electron chi connectivity index (χ2n) is 4.89. The Hall–Kier alpha value is -0.410. The van der Waals surface area contributed by atoms with Gasteiger partial charge in [-0.3, -0.25) is 9.69 Å². The molecule has 80 valence electrons. The Bertz CT molecular complexity index is 241. The van der Waals surface area contributed by atoms with Gasteiger partial charge in [0.15, 0.2) is 5.78 Å². The van der Waals surface area contributed by atoms with Crippen molar-refractivity contribution >= 4 is 5.78 Å². The van der Waals surface area contributed by atoms with Gasteiger partial charge in [-0.2, -0.15) is 0 Å². The first-order valence-corrected chi connectivity index (χ1v) is 5.46. The fraction of sp³-hybridized carbons (Fsp3) is 0.909. The zero-order valence-electron chi connectivity index (χ0n) is 9.08. The summed E-state index contributed by atoms with van der Waals surface area (Å²) in [6.45, 7) is 6.41. The lowest BCUT2D eigenvalue weighted by Crippen LogP contribution is -2.34. The molecule has 0 bridgehead atoms. The Morgan fingerprint density at radius 3 is 3.07 bits per heavy atom. The van der Waals surface area contributed by atoms with E-state index >= 15 is 0 Å². The molecule has 0 radical (unpaired) electrons. The number of hydrogen-bond donors (Lipinski definition) is 0. The summed E-state index contributed by atoms with van der Waals surface area (Å²) in [5.74, 6) is 0.127. The van der Waals surface area contributed by atoms with Crippen molar-refractivity contribution in [3.63, 3.8) is 0 Å². The SMILES string of the molecule is CC(=O)COC1CN2CCC[C@@]2(C)C1. The van der Waals surface area contributed by atoms with Gasteiger partial charge in [-0.1, -0.05) is 0 Å². The standard InChI is InChI=1S/C11H19NO2/c1-9(13)8-14-10-6-11(2)4-3-5-12(11)7-10/h10H,3-8H2,1-2H3/t10?,11-/m0/s1. The maximum Gasteiger partial charge on any atom is 0.155 e. The summed E-state index contributed by atoms with van der Waals surface area (Å²) in [6, 6.07) is 0. The third-order valence-corrected chi connectivity index (χ3v) is 3.52. The lowest BCUT2D eigenvalue weighted by molar-refractivity contribution is -0.123. The van der Waals surface area contributed by atoms with Crippen LogP contribution in [0.3, 0.4) is 0 Å². The van der Waals surface area contributed by atoms with Crippen LogP contribution in [0.5, 0.6) is 0 Å². The van der Waals surface area contributed by atoms with Gasteiger partial charge in [-0.05, 0) is 39.7 Å². The van der Waals surface area contributed by atoms with Gasteiger partial charge in [0.2, 0.25) is 0 Å². The van der Waals surface area contributed by atoms with Crippen LogP contribution in [0.4, 0.5) is 0 Å². The number of rotatable bonds is 3. The first-order chi connectivity index (χ1) is 6.60. The predicted molar refractivity (Wildman–Crippen MR) is 54.3 cm³/mol. The summed E-state index contributed by atoms with van der Waals surface area (Å²) < 4.78 is 5.57. The Balaban J connectivity index is 1.86. The fourth-order valence-electron chi connectivity index (χ4n) is 2.77. The van der Waals surface area contributed by atoms with E-state index in [2.05, 4.69) is 11.8 Å². The molecule has 2 atom stereocenters. The molecule has 2 fully saturated rings. The molecule has 2 aliphatic rings. The number of fused-ring (bicyclic) bond motifs is 1. The summed E-state index contributed by atoms with van der Waals surface area (Å²) >= 11 is 0. The molecule has 0 amide bonds. The van der Waals surface area contributed by atoms with Crippen molar-refractivity contribution in [2.75, 3.05) is 19.7 Å². The second kappa shape index (κ2) is 3.63. The summed E-state index contributed by atoms with van der Waals surface area (Å²) in [5, 5.41) is 0. The minimum atomic E-state index is 0.127. The molecule has 0 aromatic rings. The van der Waals surface area contributed by atoms with Crippen LogP contribution < -0.4 is 0 Å². The first kappa shape index (κ1) is 10.1. The van der Waals surface area contributed by atoms with Crippen molar-refractivity contribution in [1.82, 2.24) is 4.90 Å². The van der Waals surface area contributed by atoms with Crippen molar-refractivity contribution in [3.8, 4) is 0 Å². The maximum absolute atomic E-state index is 10.8. The summed E-state index contributed by atoms with van der Waals surface area (Å²) in [7, 11) is 0. The van der Waals surface area contributed by atoms with E-state index in [1.807, 2.05) is 0 Å². The first-order valence-electron chi connectivity index (χ1n) is 5.46. The van der Waals surface area contributed by atoms with Crippen LogP contribution in [-0.2, 0) is 9.53 Å². The number of hydrogen-bond acceptors (Lipinski definition) is 3. The topological polar surface area (TPSA) is 29.5 Å². The van der Waals surface area contributed by atoms with Gasteiger partial charge in [0.05, 0.1) is 6.10 Å². The minimum Gasteiger partial charge on any atom is -0.369 e. The second-order valence-corrected chi connectivity index (χ2v) is 4.89. The fourth-order valence-corrected chi connectivity index (χ4v) is 2.77. The number of ketones is 1. The normalized spacial score (nSPS) is 37.4. The smallest absolute Gasteiger partial charge is 0.155 e. The van der Waals surface area contributed by atoms with E-state index in [9.17, 15) is 4.79 Å². The maximum atomic E-state index is 10.8. The quantitative estimate of drug-likeness (QED) is 0.681. The van der Waals surface area contributed by atoms with Gasteiger partial charge >= 0.3 is 0 Å². The molecule has 2 rings (SSSR count). The number of nitrogens with zero attached hydrogens (tertiary/aromatic N) is 1. The molecule has 3 heteroatoms. The van der Waals surface area contributed by atoms with Crippen molar-refractivity contribution in [2.24, 2.45) is 0 Å². The van der Waals surface area contributed by atoms with Crippen molar-refractivity contribution < 1.29 is 9.53 Å². The number of carbonyl (C=O) groups excluding carboxylic acids is 1. The van der Waals surface area contributed by atoms with Crippen LogP contribution in [0.2, 0.25) is 0 Å². The van der Waals surface area contributed by atoms with Gasteiger partial charge in [0.25, 0.3) is 0 Å². The van der Waals surface area contributed by atoms with E-state index in [0.29, 0.717) is 5.54 Å². The molecule has 1 unspecified atom stereocenters. The molecule has 2 heterocycles. The molecule has 0 aromatic carbocycles. The average molecular weight is 197 g/mol. The summed E-state index contributed by atoms with van der Waals surface area (Å²) in [5.41, 5.74) is 0.363. The van der Waals surface area contributed by atoms with Gasteiger partial charge < -0.3 is 4.74 Å². The molecule has 0 N–H and O–H groups in total. The van der Waals surface area contributed by atoms with Crippen molar-refractivity contribution in [3.05, 3.63) is 0 Å². The Morgan fingerprint density at radius 1 is 1.64 bits per heavy atom. The molecule has 3 nitrogen and oxygen atoms in total. The van der Waals surface area contributed by atoms with E-state index < -0.39 is 0 Å². The predicted octanol–water partition coefficient (Wildman–Crippen LogP) is 1.22. The average Bonchev–Trinajstić information content (AvgIpc) is 2.55. The third kappa shape index (κ3) is 1.84. The van der Waals surface area contributed by atoms with Gasteiger partial charge in [0.1, 0.15) is 6.61 Å². The molecule has 14 heavy (non-hydrogen) atoms. The lowest BCUT2D eigenvalue weighted by Gasteiger charge is -2.26. The highest BCUT2D eigenvalue weighted by atomic mass is 16.5.